The van der Waals surface area contributed by atoms with E-state index in [0.29, 0.717) is 16.7 Å². The van der Waals surface area contributed by atoms with Crippen molar-refractivity contribution in [2.45, 2.75) is 188 Å². The fourth-order valence-corrected chi connectivity index (χ4v) is 14.6. The van der Waals surface area contributed by atoms with Crippen LogP contribution in [-0.2, 0) is 131 Å². The van der Waals surface area contributed by atoms with Crippen LogP contribution in [-0.4, -0.2) is 236 Å². The van der Waals surface area contributed by atoms with Gasteiger partial charge in [-0.05, 0) is 91.2 Å². The number of aliphatic carboxylic acids is 1. The summed E-state index contributed by atoms with van der Waals surface area (Å²) in [5.41, 5.74) is 1.94. The van der Waals surface area contributed by atoms with Crippen LogP contribution in [0.2, 0.25) is 0 Å². The topological polar surface area (TPSA) is 396 Å². The van der Waals surface area contributed by atoms with E-state index in [1.54, 1.807) is 77.9 Å². The molecule has 0 unspecified atom stereocenters. The molecule has 9 rings (SSSR count). The molecule has 30 nitrogen and oxygen atoms in total. The first-order valence-corrected chi connectivity index (χ1v) is 44.1. The average Bonchev–Trinajstić information content (AvgIpc) is 0.963. The Bertz CT molecular complexity index is 5300. The number of hydrogen-bond acceptors (Lipinski definition) is 23. The van der Waals surface area contributed by atoms with Crippen molar-refractivity contribution in [1.29, 1.82) is 0 Å². The molecule has 3 aliphatic rings. The summed E-state index contributed by atoms with van der Waals surface area (Å²) in [7, 11) is 0. The maximum atomic E-state index is 14.1. The molecule has 6 atom stereocenters. The second-order valence-electron chi connectivity index (χ2n) is 38.1. The second-order valence-corrected chi connectivity index (χ2v) is 38.1. The minimum atomic E-state index is -1.91. The van der Waals surface area contributed by atoms with Crippen molar-refractivity contribution >= 4 is 88.1 Å². The smallest absolute Gasteiger partial charge is 0.308 e. The summed E-state index contributed by atoms with van der Waals surface area (Å²) < 4.78 is 207. The Balaban J connectivity index is 0.000000286. The minimum Gasteiger partial charge on any atom is -0.481 e. The van der Waals surface area contributed by atoms with Crippen LogP contribution in [0.3, 0.4) is 0 Å². The van der Waals surface area contributed by atoms with Crippen molar-refractivity contribution in [2.24, 2.45) is 17.8 Å². The Morgan fingerprint density at radius 2 is 0.586 bits per heavy atom. The maximum absolute atomic E-state index is 14.1. The third-order valence-electron chi connectivity index (χ3n) is 21.4. The highest BCUT2D eigenvalue weighted by molar-refractivity contribution is 6.37. The number of nitrogens with one attached hydrogen (secondary N) is 3. The minimum absolute atomic E-state index is 0.00466. The van der Waals surface area contributed by atoms with E-state index < -0.39 is 261 Å². The molecule has 42 heteroatoms. The summed E-state index contributed by atoms with van der Waals surface area (Å²) >= 11 is 0. The number of carboxylic acids is 1. The predicted octanol–water partition coefficient (Wildman–Crippen LogP) is 10.7. The lowest BCUT2D eigenvalue weighted by molar-refractivity contribution is -0.157. The molecule has 0 aromatic heterocycles. The van der Waals surface area contributed by atoms with Crippen molar-refractivity contribution in [3.63, 3.8) is 0 Å². The van der Waals surface area contributed by atoms with E-state index >= 15 is 0 Å². The molecule has 0 saturated carbocycles. The number of ketones is 6. The lowest BCUT2D eigenvalue weighted by atomic mass is 9.82. The second kappa shape index (κ2) is 49.7. The first kappa shape index (κ1) is 114. The summed E-state index contributed by atoms with van der Waals surface area (Å²) in [5.74, 6) is -43.8. The van der Waals surface area contributed by atoms with Crippen molar-refractivity contribution in [3.8, 4) is 17.2 Å². The molecule has 3 heterocycles. The number of nitrogens with zero attached hydrogens (tertiary/aromatic N) is 3. The zero-order valence-electron chi connectivity index (χ0n) is 79.7. The summed E-state index contributed by atoms with van der Waals surface area (Å²) in [6.45, 7) is 22.1. The van der Waals surface area contributed by atoms with Gasteiger partial charge in [-0.2, -0.15) is 26.3 Å². The highest BCUT2D eigenvalue weighted by Crippen LogP contribution is 2.34. The van der Waals surface area contributed by atoms with Gasteiger partial charge < -0.3 is 73.7 Å². The molecular formula is C98H112F12N6O24. The zero-order valence-corrected chi connectivity index (χ0v) is 79.7. The van der Waals surface area contributed by atoms with Crippen LogP contribution in [0.1, 0.15) is 156 Å². The van der Waals surface area contributed by atoms with Crippen LogP contribution in [0.25, 0.3) is 0 Å². The molecule has 4 N–H and O–H groups in total. The molecule has 3 aliphatic heterocycles. The number of carbonyl (C=O) groups excluding carboxylic acids is 14. The number of carbonyl (C=O) groups is 15. The number of halogens is 12. The fourth-order valence-electron chi connectivity index (χ4n) is 14.6. The number of hydrogen-bond donors (Lipinski definition) is 4. The zero-order chi connectivity index (χ0) is 105. The van der Waals surface area contributed by atoms with E-state index in [9.17, 15) is 130 Å². The number of amides is 6. The highest BCUT2D eigenvalue weighted by atomic mass is 19.2. The van der Waals surface area contributed by atoms with Gasteiger partial charge in [0.15, 0.2) is 69.5 Å². The largest absolute Gasteiger partial charge is 0.481 e. The van der Waals surface area contributed by atoms with Gasteiger partial charge in [0.2, 0.25) is 70.0 Å². The van der Waals surface area contributed by atoms with Crippen LogP contribution < -0.4 is 30.2 Å². The maximum Gasteiger partial charge on any atom is 0.308 e. The van der Waals surface area contributed by atoms with Gasteiger partial charge in [-0.15, -0.1) is 0 Å². The van der Waals surface area contributed by atoms with Crippen LogP contribution in [0.4, 0.5) is 52.7 Å². The van der Waals surface area contributed by atoms with E-state index in [1.807, 2.05) is 98.7 Å². The molecule has 0 radical (unpaired) electrons. The molecule has 0 bridgehead atoms. The molecule has 0 aliphatic carbocycles. The Hall–Kier alpha value is -13.0. The monoisotopic (exact) mass is 1980 g/mol. The first-order chi connectivity index (χ1) is 65.2. The average molecular weight is 1990 g/mol. The Morgan fingerprint density at radius 3 is 0.807 bits per heavy atom. The quantitative estimate of drug-likeness (QED) is 0.0129. The predicted molar refractivity (Wildman–Crippen MR) is 474 cm³/mol. The van der Waals surface area contributed by atoms with Gasteiger partial charge in [-0.1, -0.05) is 135 Å². The first-order valence-electron chi connectivity index (χ1n) is 44.1. The van der Waals surface area contributed by atoms with Crippen LogP contribution in [0.15, 0.2) is 91.0 Å². The fraction of sp³-hybridized carbons (Fsp3) is 0.480. The van der Waals surface area contributed by atoms with E-state index in [4.69, 9.17) is 33.2 Å². The van der Waals surface area contributed by atoms with E-state index in [1.165, 1.54) is 9.80 Å². The third-order valence-corrected chi connectivity index (χ3v) is 21.4. The number of carboxylic acid groups (broad SMARTS) is 1. The molecular weight excluding hydrogens is 1870 g/mol. The number of esters is 2. The van der Waals surface area contributed by atoms with Crippen molar-refractivity contribution in [3.05, 3.63) is 194 Å². The molecule has 140 heavy (non-hydrogen) atoms. The standard InChI is InChI=1S/2C34H40F4N2O8.C30H32F4N2O8/c2*1-33(2,3)21-10-8-7-9-19(21)13-25(41)32(45)40-11-12-46-17-20(16-40)31(44)39-24(15-27(43)48-34(4,5)6)26(42)18-47-30-28(37)22(35)14-23(36)29(30)38;1-30(2,3)18-7-5-4-6-16(18)10-22(37)29(42)36-8-9-43-14-17(13-36)28(41)35-21(12-24(39)40)23(38)15-44-27-25(33)19(31)11-20(32)26(27)34/h2*7-10,14,20,24H,11-13,15-18H2,1-6H3,(H,39,44);4-7,11,17,21H,8-10,12-15H2,1-3H3,(H,35,41)(H,39,40)/t20-,24+;20-,24-;17-,21-/m100/s1. The molecule has 762 valence electrons. The lowest BCUT2D eigenvalue weighted by Gasteiger charge is -2.26. The van der Waals surface area contributed by atoms with E-state index in [-0.39, 0.29) is 133 Å². The summed E-state index contributed by atoms with van der Waals surface area (Å²) in [6.07, 6.45) is -2.96. The van der Waals surface area contributed by atoms with Crippen molar-refractivity contribution in [2.75, 3.05) is 98.7 Å². The Labute approximate surface area is 798 Å². The normalized spacial score (nSPS) is 16.1. The Kier molecular flexibility index (Phi) is 40.5. The van der Waals surface area contributed by atoms with Gasteiger partial charge in [-0.3, -0.25) is 71.9 Å². The van der Waals surface area contributed by atoms with Crippen molar-refractivity contribution in [1.82, 2.24) is 30.7 Å². The Morgan fingerprint density at radius 1 is 0.357 bits per heavy atom. The number of benzene rings is 6. The lowest BCUT2D eigenvalue weighted by Crippen LogP contribution is -2.50. The van der Waals surface area contributed by atoms with Crippen molar-refractivity contribution < 1.29 is 168 Å². The van der Waals surface area contributed by atoms with Crippen LogP contribution in [0, 0.1) is 87.6 Å². The summed E-state index contributed by atoms with van der Waals surface area (Å²) in [4.78, 5) is 198. The molecule has 3 fully saturated rings. The molecule has 0 spiro atoms. The number of rotatable bonds is 33. The van der Waals surface area contributed by atoms with Gasteiger partial charge in [0.1, 0.15) is 49.1 Å². The van der Waals surface area contributed by atoms with Crippen LogP contribution >= 0.6 is 0 Å². The van der Waals surface area contributed by atoms with Gasteiger partial charge in [0.25, 0.3) is 17.7 Å². The summed E-state index contributed by atoms with van der Waals surface area (Å²) in [6, 6.07) is 16.5. The van der Waals surface area contributed by atoms with Gasteiger partial charge >= 0.3 is 17.9 Å². The van der Waals surface area contributed by atoms with Gasteiger partial charge in [0, 0.05) is 76.7 Å². The van der Waals surface area contributed by atoms with E-state index in [2.05, 4.69) is 20.7 Å². The SMILES string of the molecule is CC(C)(C)OC(=O)C[C@H](NC(=O)[C@@H]1COCCN(C(=O)C(=O)Cc2ccccc2C(C)(C)C)C1)C(=O)COc1c(F)c(F)cc(F)c1F.CC(C)(C)OC(=O)C[C@H](NC(=O)[C@H]1COCCN(C(=O)C(=O)Cc2ccccc2C(C)(C)C)C1)C(=O)COc1c(F)c(F)cc(F)c1F.CC(C)(C)c1ccccc1CC(=O)C(=O)N1CCOC[C@@H](C(=O)N[C@@H](CC(=O)O)C(=O)COc2c(F)c(F)cc(F)c2F)C1. The summed E-state index contributed by atoms with van der Waals surface area (Å²) in [5, 5.41) is 16.2. The number of ether oxygens (including phenoxy) is 8. The third kappa shape index (κ3) is 33.4. The number of Topliss-reactive ketones (excluding diaryl/α,β-unsaturated/α-hetero) is 6. The molecule has 3 saturated heterocycles. The highest BCUT2D eigenvalue weighted by Gasteiger charge is 2.41. The molecule has 6 aromatic carbocycles. The van der Waals surface area contributed by atoms with Gasteiger partial charge in [0.05, 0.1) is 76.7 Å². The van der Waals surface area contributed by atoms with E-state index in [0.717, 1.165) is 21.6 Å². The van der Waals surface area contributed by atoms with Gasteiger partial charge in [-0.25, -0.2) is 26.3 Å². The molecule has 6 aromatic rings. The molecule has 6 amide bonds. The van der Waals surface area contributed by atoms with Crippen LogP contribution in [0.5, 0.6) is 17.2 Å².